The molecule has 4 aromatic heterocycles. The molecular formula is C96H134F3N15O10. The van der Waals surface area contributed by atoms with Crippen LogP contribution in [0.5, 0.6) is 0 Å². The third-order valence-corrected chi connectivity index (χ3v) is 26.8. The monoisotopic (exact) mass is 1710 g/mol. The number of carbonyl (C=O) groups excluding carboxylic acids is 5. The minimum absolute atomic E-state index is 0.0280. The van der Waals surface area contributed by atoms with Gasteiger partial charge in [0.25, 0.3) is 11.1 Å². The maximum atomic E-state index is 14.5. The number of piperazine rings is 2. The van der Waals surface area contributed by atoms with E-state index in [0.29, 0.717) is 96.5 Å². The number of carboxylic acids is 1. The standard InChI is InChI=1S/C57H86N8O5.C37H47N7O3.C2HF3O2/c1-4-5-6-7-8-9-10-11-12-13-14-15-16-17-18-19-20-25-53(66)70-43-65-42-48-39-45(38-44(2)54(48)60-65)40-52(56(68)63-36-34-62(35-37-63)49-28-30-61(3)31-29-49)59-57(69)64-32-26-46(27-33-64)50-41-47-23-21-22-24-51(47)58-55(50)67;1-25-19-26(21-30-24-38-40-35(25)30)20-29(37(47)44-17-15-42(16-18-44)31-9-11-41(2)12-10-31)23-34(45)43-13-7-27(8-14-43)32-22-28-5-3-4-6-33(28)39-36(32)46;3-2(4,5)1(6)7/h21-24,38-39,41-42,46,49,52H,4-20,25-37,40,43H2,1-3H3,(H,58,67)(H,59,69);3-6,19,21-22,24,27,29,31H,7-18,20,23H2,1-2H3,(H,38,40)(H,39,46);(H,6,7)/t52-;29-;/m10./s1. The van der Waals surface area contributed by atoms with Gasteiger partial charge < -0.3 is 54.5 Å². The van der Waals surface area contributed by atoms with Gasteiger partial charge in [-0.3, -0.25) is 43.7 Å². The molecule has 5 N–H and O–H groups in total. The Morgan fingerprint density at radius 1 is 0.524 bits per heavy atom. The number of piperidine rings is 4. The lowest BCUT2D eigenvalue weighted by molar-refractivity contribution is -0.192. The van der Waals surface area contributed by atoms with E-state index in [1.165, 1.54) is 103 Å². The molecule has 5 amide bonds. The number of para-hydroxylation sites is 2. The number of carboxylic acid groups (broad SMARTS) is 1. The number of rotatable bonds is 33. The number of aliphatic carboxylic acids is 1. The predicted octanol–water partition coefficient (Wildman–Crippen LogP) is 15.0. The van der Waals surface area contributed by atoms with E-state index in [-0.39, 0.29) is 65.8 Å². The molecule has 10 heterocycles. The first kappa shape index (κ1) is 93.6. The van der Waals surface area contributed by atoms with Crippen molar-refractivity contribution in [1.29, 1.82) is 0 Å². The molecule has 6 aliphatic heterocycles. The first-order valence-electron chi connectivity index (χ1n) is 46.3. The second kappa shape index (κ2) is 46.1. The Morgan fingerprint density at radius 3 is 1.48 bits per heavy atom. The molecule has 674 valence electrons. The number of hydrogen-bond donors (Lipinski definition) is 5. The molecular weight excluding hydrogens is 1580 g/mol. The maximum Gasteiger partial charge on any atom is 0.490 e. The number of halogens is 3. The quantitative estimate of drug-likeness (QED) is 0.0189. The van der Waals surface area contributed by atoms with Crippen molar-refractivity contribution >= 4 is 79.3 Å². The number of aromatic amines is 3. The second-order valence-electron chi connectivity index (χ2n) is 35.9. The molecule has 0 unspecified atom stereocenters. The van der Waals surface area contributed by atoms with Crippen molar-refractivity contribution in [3.05, 3.63) is 151 Å². The van der Waals surface area contributed by atoms with Crippen molar-refractivity contribution in [1.82, 2.24) is 74.5 Å². The number of benzene rings is 4. The molecule has 6 fully saturated rings. The van der Waals surface area contributed by atoms with E-state index >= 15 is 0 Å². The van der Waals surface area contributed by atoms with Gasteiger partial charge in [0.2, 0.25) is 17.7 Å². The van der Waals surface area contributed by atoms with Crippen LogP contribution in [0.25, 0.3) is 43.6 Å². The lowest BCUT2D eigenvalue weighted by atomic mass is 9.88. The van der Waals surface area contributed by atoms with Crippen molar-refractivity contribution in [3.63, 3.8) is 0 Å². The Balaban J connectivity index is 0.000000223. The van der Waals surface area contributed by atoms with Gasteiger partial charge in [0, 0.05) is 149 Å². The summed E-state index contributed by atoms with van der Waals surface area (Å²) < 4.78 is 39.1. The highest BCUT2D eigenvalue weighted by molar-refractivity contribution is 5.90. The number of pyridine rings is 2. The van der Waals surface area contributed by atoms with Crippen LogP contribution < -0.4 is 16.4 Å². The molecule has 0 radical (unpaired) electrons. The van der Waals surface area contributed by atoms with Crippen LogP contribution in [0.1, 0.15) is 226 Å². The van der Waals surface area contributed by atoms with Gasteiger partial charge in [0.15, 0.2) is 6.73 Å². The number of amides is 5. The van der Waals surface area contributed by atoms with Crippen LogP contribution in [0.4, 0.5) is 18.0 Å². The zero-order valence-electron chi connectivity index (χ0n) is 73.9. The molecule has 124 heavy (non-hydrogen) atoms. The fraction of sp³-hybridized carbons (Fsp3) is 0.604. The molecule has 6 saturated heterocycles. The first-order valence-corrected chi connectivity index (χ1v) is 46.3. The van der Waals surface area contributed by atoms with Gasteiger partial charge >= 0.3 is 24.1 Å². The zero-order valence-corrected chi connectivity index (χ0v) is 73.9. The van der Waals surface area contributed by atoms with E-state index < -0.39 is 24.1 Å². The van der Waals surface area contributed by atoms with Gasteiger partial charge in [-0.05, 0) is 200 Å². The number of carbonyl (C=O) groups is 6. The Morgan fingerprint density at radius 2 is 0.976 bits per heavy atom. The van der Waals surface area contributed by atoms with E-state index in [0.717, 1.165) is 174 Å². The van der Waals surface area contributed by atoms with Crippen molar-refractivity contribution < 1.29 is 51.8 Å². The number of nitrogens with zero attached hydrogens (tertiary/aromatic N) is 11. The number of aryl methyl sites for hydroxylation is 2. The van der Waals surface area contributed by atoms with Crippen LogP contribution in [-0.2, 0) is 48.3 Å². The summed E-state index contributed by atoms with van der Waals surface area (Å²) in [5, 5.41) is 26.3. The molecule has 28 heteroatoms. The van der Waals surface area contributed by atoms with E-state index in [4.69, 9.17) is 19.7 Å². The highest BCUT2D eigenvalue weighted by atomic mass is 19.4. The fourth-order valence-corrected chi connectivity index (χ4v) is 19.4. The smallest absolute Gasteiger partial charge is 0.475 e. The number of alkyl halides is 3. The van der Waals surface area contributed by atoms with E-state index in [1.807, 2.05) is 101 Å². The number of ether oxygens (including phenoxy) is 1. The highest BCUT2D eigenvalue weighted by Crippen LogP contribution is 2.33. The minimum atomic E-state index is -5.08. The SMILES string of the molecule is CCCCCCCCCCCCCCCCCCCC(=O)OCn1cc2cc(C[C@@H](NC(=O)N3CCC(c4cc5ccccc5[nH]c4=O)CC3)C(=O)N3CCN(C4CCN(C)CC4)CC3)cc(C)c2n1.Cc1cc(C[C@@H](CC(=O)N2CCC(c3cc4ccccc4[nH]c3=O)CC2)C(=O)N2CCN(C3CCN(C)CC3)CC2)cc2cn[nH]c12.O=C(O)C(F)(F)F. The summed E-state index contributed by atoms with van der Waals surface area (Å²) in [6.07, 6.45) is 29.7. The predicted molar refractivity (Wildman–Crippen MR) is 480 cm³/mol. The summed E-state index contributed by atoms with van der Waals surface area (Å²) in [7, 11) is 4.37. The van der Waals surface area contributed by atoms with Crippen molar-refractivity contribution in [2.24, 2.45) is 5.92 Å². The average molecular weight is 1720 g/mol. The third kappa shape index (κ3) is 26.8. The summed E-state index contributed by atoms with van der Waals surface area (Å²) in [5.74, 6) is -3.18. The zero-order chi connectivity index (χ0) is 87.7. The van der Waals surface area contributed by atoms with Gasteiger partial charge in [0.05, 0.1) is 23.1 Å². The molecule has 25 nitrogen and oxygen atoms in total. The molecule has 2 atom stereocenters. The maximum absolute atomic E-state index is 14.5. The largest absolute Gasteiger partial charge is 0.490 e. The van der Waals surface area contributed by atoms with Gasteiger partial charge in [-0.1, -0.05) is 158 Å². The third-order valence-electron chi connectivity index (χ3n) is 26.8. The van der Waals surface area contributed by atoms with E-state index in [2.05, 4.69) is 91.2 Å². The highest BCUT2D eigenvalue weighted by Gasteiger charge is 2.40. The number of H-pyrrole nitrogens is 3. The molecule has 8 aromatic rings. The summed E-state index contributed by atoms with van der Waals surface area (Å²) in [6, 6.07) is 28.1. The topological polar surface area (TPSA) is 282 Å². The molecule has 6 aliphatic rings. The molecule has 0 aliphatic carbocycles. The van der Waals surface area contributed by atoms with Gasteiger partial charge in [-0.15, -0.1) is 0 Å². The van der Waals surface area contributed by atoms with Gasteiger partial charge in [-0.25, -0.2) is 14.3 Å². The Kier molecular flexibility index (Phi) is 34.8. The van der Waals surface area contributed by atoms with Crippen molar-refractivity contribution in [2.45, 2.75) is 250 Å². The number of unbranched alkanes of at least 4 members (excludes halogenated alkanes) is 16. The molecule has 0 bridgehead atoms. The van der Waals surface area contributed by atoms with Gasteiger partial charge in [-0.2, -0.15) is 23.4 Å². The summed E-state index contributed by atoms with van der Waals surface area (Å²) >= 11 is 0. The molecule has 4 aromatic carbocycles. The molecule has 0 saturated carbocycles. The number of nitrogens with one attached hydrogen (secondary N) is 4. The summed E-state index contributed by atoms with van der Waals surface area (Å²) in [6.45, 7) is 19.1. The number of fused-ring (bicyclic) bond motifs is 4. The van der Waals surface area contributed by atoms with Crippen LogP contribution in [0, 0.1) is 19.8 Å². The van der Waals surface area contributed by atoms with Crippen LogP contribution >= 0.6 is 0 Å². The average Bonchev–Trinajstić information content (AvgIpc) is 1.02. The molecule has 0 spiro atoms. The van der Waals surface area contributed by atoms with Crippen molar-refractivity contribution in [2.75, 3.05) is 119 Å². The second-order valence-corrected chi connectivity index (χ2v) is 35.9. The first-order chi connectivity index (χ1) is 59.9. The Labute approximate surface area is 727 Å². The lowest BCUT2D eigenvalue weighted by Crippen LogP contribution is -2.59. The summed E-state index contributed by atoms with van der Waals surface area (Å²) in [4.78, 5) is 128. The Bertz CT molecular complexity index is 4920. The van der Waals surface area contributed by atoms with Crippen LogP contribution in [0.2, 0.25) is 0 Å². The van der Waals surface area contributed by atoms with E-state index in [1.54, 1.807) is 9.58 Å². The number of esters is 1. The van der Waals surface area contributed by atoms with E-state index in [9.17, 15) is 46.7 Å². The number of likely N-dealkylation sites (tertiary alicyclic amines) is 4. The van der Waals surface area contributed by atoms with Crippen LogP contribution in [0.15, 0.2) is 107 Å². The lowest BCUT2D eigenvalue weighted by Gasteiger charge is -2.43. The fourth-order valence-electron chi connectivity index (χ4n) is 19.4. The van der Waals surface area contributed by atoms with Crippen LogP contribution in [0.3, 0.4) is 0 Å². The summed E-state index contributed by atoms with van der Waals surface area (Å²) in [5.41, 5.74) is 8.96. The van der Waals surface area contributed by atoms with Crippen LogP contribution in [-0.4, -0.2) is 253 Å². The number of hydrogen-bond acceptors (Lipinski definition) is 15. The number of urea groups is 1. The normalized spacial score (nSPS) is 17.8. The molecule has 14 rings (SSSR count). The number of aromatic nitrogens is 6. The minimum Gasteiger partial charge on any atom is -0.475 e. The van der Waals surface area contributed by atoms with Gasteiger partial charge in [0.1, 0.15) is 6.04 Å². The Hall–Kier alpha value is -9.51. The van der Waals surface area contributed by atoms with Crippen molar-refractivity contribution in [3.8, 4) is 0 Å².